The van der Waals surface area contributed by atoms with Gasteiger partial charge >= 0.3 is 12.3 Å². The number of amides is 1. The molecule has 39 heavy (non-hydrogen) atoms. The van der Waals surface area contributed by atoms with Gasteiger partial charge in [0.25, 0.3) is 0 Å². The molecule has 13 heteroatoms. The molecule has 2 heterocycles. The Kier molecular flexibility index (Phi) is 8.76. The van der Waals surface area contributed by atoms with Crippen LogP contribution in [0.3, 0.4) is 0 Å². The summed E-state index contributed by atoms with van der Waals surface area (Å²) < 4.78 is 59.8. The number of hydrogen-bond acceptors (Lipinski definition) is 6. The van der Waals surface area contributed by atoms with Crippen LogP contribution in [-0.4, -0.2) is 52.8 Å². The van der Waals surface area contributed by atoms with Gasteiger partial charge in [0.05, 0.1) is 18.7 Å². The second-order valence-electron chi connectivity index (χ2n) is 9.26. The number of carboxylic acid groups (broad SMARTS) is 1. The number of nitrogens with zero attached hydrogens (tertiary/aromatic N) is 4. The van der Waals surface area contributed by atoms with E-state index >= 15 is 0 Å². The van der Waals surface area contributed by atoms with Crippen molar-refractivity contribution < 1.29 is 32.2 Å². The summed E-state index contributed by atoms with van der Waals surface area (Å²) in [7, 11) is 2.04. The lowest BCUT2D eigenvalue weighted by atomic mass is 10.00. The predicted molar refractivity (Wildman–Crippen MR) is 138 cm³/mol. The van der Waals surface area contributed by atoms with Gasteiger partial charge in [-0.3, -0.25) is 4.90 Å². The number of anilines is 3. The first-order valence-corrected chi connectivity index (χ1v) is 12.4. The van der Waals surface area contributed by atoms with Crippen molar-refractivity contribution in [3.05, 3.63) is 70.6 Å². The van der Waals surface area contributed by atoms with Gasteiger partial charge in [0.15, 0.2) is 11.6 Å². The van der Waals surface area contributed by atoms with Crippen LogP contribution in [0, 0.1) is 11.7 Å². The van der Waals surface area contributed by atoms with Gasteiger partial charge in [-0.05, 0) is 68.4 Å². The number of halogens is 5. The molecule has 0 radical (unpaired) electrons. The molecule has 0 saturated carbocycles. The Morgan fingerprint density at radius 1 is 1.26 bits per heavy atom. The first-order valence-electron chi connectivity index (χ1n) is 12.1. The molecule has 3 aromatic rings. The Bertz CT molecular complexity index is 1330. The lowest BCUT2D eigenvalue weighted by Crippen LogP contribution is -2.34. The third kappa shape index (κ3) is 7.48. The van der Waals surface area contributed by atoms with Crippen LogP contribution in [-0.2, 0) is 12.7 Å². The molecule has 1 aliphatic heterocycles. The van der Waals surface area contributed by atoms with E-state index < -0.39 is 30.2 Å². The first-order chi connectivity index (χ1) is 18.5. The lowest BCUT2D eigenvalue weighted by Gasteiger charge is -2.29. The van der Waals surface area contributed by atoms with E-state index in [1.165, 1.54) is 24.4 Å². The van der Waals surface area contributed by atoms with Crippen LogP contribution in [0.4, 0.5) is 39.8 Å². The summed E-state index contributed by atoms with van der Waals surface area (Å²) >= 11 is 6.04. The topological polar surface area (TPSA) is 90.8 Å². The summed E-state index contributed by atoms with van der Waals surface area (Å²) in [5, 5.41) is 12.5. The monoisotopic (exact) mass is 567 g/mol. The predicted octanol–water partition coefficient (Wildman–Crippen LogP) is 6.44. The Labute approximate surface area is 227 Å². The van der Waals surface area contributed by atoms with Gasteiger partial charge in [-0.1, -0.05) is 11.6 Å². The Morgan fingerprint density at radius 3 is 2.74 bits per heavy atom. The molecule has 1 saturated heterocycles. The number of carbonyl (C=O) groups is 1. The van der Waals surface area contributed by atoms with Crippen LogP contribution in [0.1, 0.15) is 24.0 Å². The number of nitrogens with one attached hydrogen (secondary N) is 1. The van der Waals surface area contributed by atoms with Crippen molar-refractivity contribution in [3.63, 3.8) is 0 Å². The molecule has 1 amide bonds. The zero-order valence-electron chi connectivity index (χ0n) is 20.9. The molecule has 2 aromatic carbocycles. The molecular formula is C26H26ClF4N5O3. The van der Waals surface area contributed by atoms with Gasteiger partial charge in [0.1, 0.15) is 5.82 Å². The van der Waals surface area contributed by atoms with Gasteiger partial charge in [0.2, 0.25) is 5.95 Å². The number of alkyl halides is 3. The summed E-state index contributed by atoms with van der Waals surface area (Å²) in [5.74, 6) is -0.330. The highest BCUT2D eigenvalue weighted by Gasteiger charge is 2.31. The average Bonchev–Trinajstić information content (AvgIpc) is 2.87. The summed E-state index contributed by atoms with van der Waals surface area (Å²) in [5.41, 5.74) is -0.727. The van der Waals surface area contributed by atoms with Crippen molar-refractivity contribution in [3.8, 4) is 5.75 Å². The smallest absolute Gasteiger partial charge is 0.416 e. The van der Waals surface area contributed by atoms with E-state index in [0.717, 1.165) is 49.0 Å². The van der Waals surface area contributed by atoms with Crippen LogP contribution >= 0.6 is 11.6 Å². The van der Waals surface area contributed by atoms with Crippen LogP contribution < -0.4 is 15.0 Å². The number of hydrogen-bond donors (Lipinski definition) is 2. The van der Waals surface area contributed by atoms with Gasteiger partial charge in [-0.15, -0.1) is 0 Å². The van der Waals surface area contributed by atoms with Crippen LogP contribution in [0.5, 0.6) is 5.75 Å². The van der Waals surface area contributed by atoms with Crippen LogP contribution in [0.15, 0.2) is 48.7 Å². The molecule has 1 aromatic heterocycles. The van der Waals surface area contributed by atoms with Crippen molar-refractivity contribution in [2.45, 2.75) is 25.6 Å². The normalized spacial score (nSPS) is 16.1. The zero-order chi connectivity index (χ0) is 28.2. The highest BCUT2D eigenvalue weighted by atomic mass is 35.5. The van der Waals surface area contributed by atoms with E-state index in [2.05, 4.69) is 20.2 Å². The molecule has 0 aliphatic carbocycles. The molecule has 1 atom stereocenters. The van der Waals surface area contributed by atoms with Crippen molar-refractivity contribution in [1.29, 1.82) is 0 Å². The minimum Gasteiger partial charge on any atom is -0.490 e. The first kappa shape index (κ1) is 28.4. The molecule has 8 nitrogen and oxygen atoms in total. The number of rotatable bonds is 8. The number of likely N-dealkylation sites (tertiary alicyclic amines) is 1. The maximum Gasteiger partial charge on any atom is 0.416 e. The quantitative estimate of drug-likeness (QED) is 0.303. The molecule has 0 spiro atoms. The fraction of sp³-hybridized carbons (Fsp3) is 0.346. The number of benzene rings is 2. The second kappa shape index (κ2) is 12.0. The van der Waals surface area contributed by atoms with Crippen molar-refractivity contribution in [2.24, 2.45) is 5.92 Å². The van der Waals surface area contributed by atoms with E-state index in [0.29, 0.717) is 12.5 Å². The lowest BCUT2D eigenvalue weighted by molar-refractivity contribution is -0.137. The van der Waals surface area contributed by atoms with E-state index in [-0.39, 0.29) is 33.8 Å². The maximum atomic E-state index is 14.7. The largest absolute Gasteiger partial charge is 0.490 e. The summed E-state index contributed by atoms with van der Waals surface area (Å²) in [6.45, 7) is 1.84. The summed E-state index contributed by atoms with van der Waals surface area (Å²) in [6.07, 6.45) is -2.73. The number of ether oxygens (including phenoxy) is 1. The Balaban J connectivity index is 1.46. The van der Waals surface area contributed by atoms with Gasteiger partial charge in [0, 0.05) is 35.4 Å². The molecule has 1 aliphatic rings. The molecule has 0 bridgehead atoms. The molecule has 2 N–H and O–H groups in total. The maximum absolute atomic E-state index is 14.7. The standard InChI is InChI=1S/C26H26ClF4N5O3/c1-35-10-2-3-16(13-35)15-39-22-7-5-19(12-21(22)28)33-24-32-9-8-23(34-24)36(25(37)38)14-17-11-18(26(29,30)31)4-6-20(17)27/h4-9,11-12,16H,2-3,10,13-15H2,1H3,(H,37,38)(H,32,33,34). The van der Waals surface area contributed by atoms with Crippen LogP contribution in [0.2, 0.25) is 5.02 Å². The molecule has 1 unspecified atom stereocenters. The van der Waals surface area contributed by atoms with Gasteiger partial charge in [-0.2, -0.15) is 18.2 Å². The van der Waals surface area contributed by atoms with Crippen molar-refractivity contribution in [1.82, 2.24) is 14.9 Å². The number of aromatic nitrogens is 2. The molecular weight excluding hydrogens is 542 g/mol. The van der Waals surface area contributed by atoms with Gasteiger partial charge in [-0.25, -0.2) is 14.2 Å². The van der Waals surface area contributed by atoms with E-state index in [1.807, 2.05) is 7.05 Å². The third-order valence-electron chi connectivity index (χ3n) is 6.23. The Hall–Kier alpha value is -3.64. The average molecular weight is 568 g/mol. The van der Waals surface area contributed by atoms with E-state index in [1.54, 1.807) is 6.07 Å². The molecule has 208 valence electrons. The molecule has 4 rings (SSSR count). The van der Waals surface area contributed by atoms with Crippen molar-refractivity contribution >= 4 is 35.1 Å². The summed E-state index contributed by atoms with van der Waals surface area (Å²) in [6, 6.07) is 8.19. The zero-order valence-corrected chi connectivity index (χ0v) is 21.6. The van der Waals surface area contributed by atoms with Gasteiger partial charge < -0.3 is 20.1 Å². The minimum atomic E-state index is -4.62. The highest BCUT2D eigenvalue weighted by molar-refractivity contribution is 6.31. The fourth-order valence-electron chi connectivity index (χ4n) is 4.29. The number of piperidine rings is 1. The third-order valence-corrected chi connectivity index (χ3v) is 6.60. The van der Waals surface area contributed by atoms with Crippen molar-refractivity contribution in [2.75, 3.05) is 37.0 Å². The highest BCUT2D eigenvalue weighted by Crippen LogP contribution is 2.33. The Morgan fingerprint density at radius 2 is 2.05 bits per heavy atom. The second-order valence-corrected chi connectivity index (χ2v) is 9.67. The van der Waals surface area contributed by atoms with Crippen LogP contribution in [0.25, 0.3) is 0 Å². The minimum absolute atomic E-state index is 0.0325. The van der Waals surface area contributed by atoms with E-state index in [9.17, 15) is 27.5 Å². The fourth-order valence-corrected chi connectivity index (χ4v) is 4.47. The van der Waals surface area contributed by atoms with E-state index in [4.69, 9.17) is 16.3 Å². The molecule has 1 fully saturated rings. The summed E-state index contributed by atoms with van der Waals surface area (Å²) in [4.78, 5) is 23.1. The SMILES string of the molecule is CN1CCCC(COc2ccc(Nc3nccc(N(Cc4cc(C(F)(F)F)ccc4Cl)C(=O)O)n3)cc2F)C1.